The number of methoxy groups -OCH3 is 1. The van der Waals surface area contributed by atoms with Gasteiger partial charge in [-0.05, 0) is 71.7 Å². The molecular formula is C37H32N2O5. The van der Waals surface area contributed by atoms with Crippen LogP contribution in [0, 0.1) is 5.92 Å². The fraction of sp³-hybridized carbons (Fsp3) is 0.216. The molecule has 7 nitrogen and oxygen atoms in total. The first-order valence-electron chi connectivity index (χ1n) is 14.9. The van der Waals surface area contributed by atoms with Gasteiger partial charge in [0, 0.05) is 17.5 Å². The molecule has 4 unspecified atom stereocenters. The Morgan fingerprint density at radius 2 is 1.61 bits per heavy atom. The Morgan fingerprint density at radius 1 is 0.886 bits per heavy atom. The zero-order valence-electron chi connectivity index (χ0n) is 24.5. The van der Waals surface area contributed by atoms with E-state index in [4.69, 9.17) is 9.47 Å². The minimum atomic E-state index is -1.39. The third-order valence-corrected chi connectivity index (χ3v) is 9.11. The number of carbonyl (C=O) groups excluding carboxylic acids is 3. The van der Waals surface area contributed by atoms with Gasteiger partial charge in [0.1, 0.15) is 23.0 Å². The van der Waals surface area contributed by atoms with E-state index in [2.05, 4.69) is 5.32 Å². The van der Waals surface area contributed by atoms with Gasteiger partial charge >= 0.3 is 0 Å². The molecule has 0 aliphatic carbocycles. The highest BCUT2D eigenvalue weighted by atomic mass is 16.5. The van der Waals surface area contributed by atoms with Gasteiger partial charge in [-0.2, -0.15) is 0 Å². The van der Waals surface area contributed by atoms with Crippen molar-refractivity contribution in [2.45, 2.75) is 30.8 Å². The van der Waals surface area contributed by atoms with Gasteiger partial charge in [0.15, 0.2) is 11.6 Å². The molecule has 1 fully saturated rings. The van der Waals surface area contributed by atoms with Crippen molar-refractivity contribution in [3.05, 3.63) is 131 Å². The van der Waals surface area contributed by atoms with Crippen LogP contribution in [0.3, 0.4) is 0 Å². The fourth-order valence-corrected chi connectivity index (χ4v) is 7.27. The van der Waals surface area contributed by atoms with Crippen LogP contribution in [0.5, 0.6) is 11.5 Å². The van der Waals surface area contributed by atoms with Crippen molar-refractivity contribution in [2.24, 2.45) is 5.92 Å². The first kappa shape index (κ1) is 27.7. The number of amides is 1. The van der Waals surface area contributed by atoms with Crippen LogP contribution in [-0.4, -0.2) is 42.1 Å². The smallest absolute Gasteiger partial charge is 0.238 e. The lowest BCUT2D eigenvalue weighted by molar-refractivity contribution is -0.122. The molecule has 3 heterocycles. The lowest BCUT2D eigenvalue weighted by atomic mass is 9.62. The highest BCUT2D eigenvalue weighted by Crippen LogP contribution is 2.62. The Kier molecular flexibility index (Phi) is 6.81. The maximum Gasteiger partial charge on any atom is 0.238 e. The van der Waals surface area contributed by atoms with Gasteiger partial charge < -0.3 is 19.7 Å². The van der Waals surface area contributed by atoms with E-state index in [-0.39, 0.29) is 17.5 Å². The summed E-state index contributed by atoms with van der Waals surface area (Å²) in [6.07, 6.45) is 4.61. The molecule has 1 spiro atoms. The number of benzene rings is 4. The van der Waals surface area contributed by atoms with Crippen molar-refractivity contribution in [3.63, 3.8) is 0 Å². The van der Waals surface area contributed by atoms with Crippen molar-refractivity contribution < 1.29 is 23.9 Å². The molecule has 1 N–H and O–H groups in total. The van der Waals surface area contributed by atoms with Crippen molar-refractivity contribution >= 4 is 29.2 Å². The first-order chi connectivity index (χ1) is 21.5. The van der Waals surface area contributed by atoms with Gasteiger partial charge in [0.25, 0.3) is 0 Å². The molecular weight excluding hydrogens is 552 g/mol. The first-order valence-corrected chi connectivity index (χ1v) is 14.9. The number of rotatable bonds is 8. The summed E-state index contributed by atoms with van der Waals surface area (Å²) in [7, 11) is 1.57. The van der Waals surface area contributed by atoms with E-state index in [0.29, 0.717) is 40.5 Å². The summed E-state index contributed by atoms with van der Waals surface area (Å²) < 4.78 is 11.4. The summed E-state index contributed by atoms with van der Waals surface area (Å²) >= 11 is 0. The molecule has 0 aromatic heterocycles. The summed E-state index contributed by atoms with van der Waals surface area (Å²) in [5.41, 5.74) is 2.58. The zero-order chi connectivity index (χ0) is 30.4. The summed E-state index contributed by atoms with van der Waals surface area (Å²) in [5, 5.41) is 3.09. The third kappa shape index (κ3) is 3.99. The van der Waals surface area contributed by atoms with E-state index >= 15 is 0 Å². The standard InChI is InChI=1S/C37H32N2O5/c1-3-22-44-30-15-9-6-12-27(30)34(41)32-31(33(40)24-16-18-25(43-2)19-17-24)37(28-13-7-8-14-29(28)38-36(37)42)35-26-11-5-4-10-23(26)20-21-39(32)35/h4-21,31-32,35H,3,22H2,1-2H3,(H,38,42). The molecule has 220 valence electrons. The lowest BCUT2D eigenvalue weighted by Crippen LogP contribution is -2.49. The van der Waals surface area contributed by atoms with Gasteiger partial charge in [-0.3, -0.25) is 14.4 Å². The van der Waals surface area contributed by atoms with Crippen LogP contribution in [0.15, 0.2) is 103 Å². The molecule has 0 bridgehead atoms. The molecule has 7 heteroatoms. The minimum Gasteiger partial charge on any atom is -0.497 e. The van der Waals surface area contributed by atoms with Crippen LogP contribution in [0.2, 0.25) is 0 Å². The molecule has 1 amide bonds. The van der Waals surface area contributed by atoms with Crippen LogP contribution in [0.1, 0.15) is 56.8 Å². The van der Waals surface area contributed by atoms with Crippen molar-refractivity contribution in [2.75, 3.05) is 19.0 Å². The average molecular weight is 585 g/mol. The summed E-state index contributed by atoms with van der Waals surface area (Å²) in [4.78, 5) is 46.5. The second-order valence-corrected chi connectivity index (χ2v) is 11.4. The Labute approximate surface area is 256 Å². The lowest BCUT2D eigenvalue weighted by Gasteiger charge is -2.38. The molecule has 44 heavy (non-hydrogen) atoms. The van der Waals surface area contributed by atoms with Gasteiger partial charge in [0.2, 0.25) is 5.91 Å². The van der Waals surface area contributed by atoms with Gasteiger partial charge in [-0.15, -0.1) is 0 Å². The second kappa shape index (κ2) is 10.8. The molecule has 3 aliphatic heterocycles. The number of fused-ring (bicyclic) bond motifs is 6. The van der Waals surface area contributed by atoms with Crippen LogP contribution < -0.4 is 14.8 Å². The van der Waals surface area contributed by atoms with E-state index in [1.165, 1.54) is 0 Å². The van der Waals surface area contributed by atoms with Gasteiger partial charge in [-0.25, -0.2) is 0 Å². The molecule has 4 aromatic carbocycles. The Balaban J connectivity index is 1.50. The predicted octanol–water partition coefficient (Wildman–Crippen LogP) is 6.47. The maximum absolute atomic E-state index is 15.0. The quantitative estimate of drug-likeness (QED) is 0.239. The Hall–Kier alpha value is -5.17. The summed E-state index contributed by atoms with van der Waals surface area (Å²) in [5.74, 6) is -0.846. The number of ketones is 2. The molecule has 7 rings (SSSR count). The van der Waals surface area contributed by atoms with E-state index in [1.807, 2.05) is 78.7 Å². The molecule has 0 radical (unpaired) electrons. The number of ether oxygens (including phenoxy) is 2. The number of para-hydroxylation sites is 2. The van der Waals surface area contributed by atoms with E-state index in [0.717, 1.165) is 17.5 Å². The van der Waals surface area contributed by atoms with Crippen LogP contribution in [-0.2, 0) is 10.2 Å². The summed E-state index contributed by atoms with van der Waals surface area (Å²) in [6.45, 7) is 2.45. The highest BCUT2D eigenvalue weighted by Gasteiger charge is 2.70. The molecule has 4 aromatic rings. The number of anilines is 1. The molecule has 3 aliphatic rings. The number of nitrogens with zero attached hydrogens (tertiary/aromatic N) is 1. The second-order valence-electron chi connectivity index (χ2n) is 11.4. The number of carbonyl (C=O) groups is 3. The summed E-state index contributed by atoms with van der Waals surface area (Å²) in [6, 6.07) is 27.8. The van der Waals surface area contributed by atoms with E-state index < -0.39 is 23.4 Å². The Morgan fingerprint density at radius 3 is 2.41 bits per heavy atom. The van der Waals surface area contributed by atoms with Crippen LogP contribution in [0.25, 0.3) is 6.08 Å². The Bertz CT molecular complexity index is 1810. The molecule has 1 saturated heterocycles. The van der Waals surface area contributed by atoms with Gasteiger partial charge in [0.05, 0.1) is 31.2 Å². The minimum absolute atomic E-state index is 0.272. The average Bonchev–Trinajstić information content (AvgIpc) is 3.55. The van der Waals surface area contributed by atoms with E-state index in [9.17, 15) is 14.4 Å². The highest BCUT2D eigenvalue weighted by molar-refractivity contribution is 6.17. The third-order valence-electron chi connectivity index (χ3n) is 9.11. The SMILES string of the molecule is CCCOc1ccccc1C(=O)C1C(C(=O)c2ccc(OC)cc2)C2(C(=O)Nc3ccccc32)C2c3ccccc3C=CN12. The predicted molar refractivity (Wildman–Crippen MR) is 168 cm³/mol. The number of Topliss-reactive ketones (excluding diaryl/α,β-unsaturated/α-hetero) is 2. The van der Waals surface area contributed by atoms with Crippen molar-refractivity contribution in [1.82, 2.24) is 4.90 Å². The number of hydrogen-bond donors (Lipinski definition) is 1. The fourth-order valence-electron chi connectivity index (χ4n) is 7.27. The van der Waals surface area contributed by atoms with E-state index in [1.54, 1.807) is 49.6 Å². The monoisotopic (exact) mass is 584 g/mol. The van der Waals surface area contributed by atoms with Crippen LogP contribution in [0.4, 0.5) is 5.69 Å². The van der Waals surface area contributed by atoms with Gasteiger partial charge in [-0.1, -0.05) is 61.5 Å². The normalized spacial score (nSPS) is 22.6. The van der Waals surface area contributed by atoms with Crippen LogP contribution >= 0.6 is 0 Å². The number of hydrogen-bond acceptors (Lipinski definition) is 6. The molecule has 0 saturated carbocycles. The van der Waals surface area contributed by atoms with Crippen molar-refractivity contribution in [1.29, 1.82) is 0 Å². The van der Waals surface area contributed by atoms with Crippen molar-refractivity contribution in [3.8, 4) is 11.5 Å². The largest absolute Gasteiger partial charge is 0.497 e. The maximum atomic E-state index is 15.0. The molecule has 4 atom stereocenters. The topological polar surface area (TPSA) is 84.9 Å². The number of nitrogens with one attached hydrogen (secondary N) is 1. The zero-order valence-corrected chi connectivity index (χ0v) is 24.5.